The van der Waals surface area contributed by atoms with Gasteiger partial charge in [0.05, 0.1) is 6.42 Å². The molecule has 0 saturated heterocycles. The molecule has 1 aromatic heterocycles. The first-order valence-corrected chi connectivity index (χ1v) is 4.67. The number of hydrogen-bond donors (Lipinski definition) is 3. The molecule has 2 aromatic rings. The number of phenolic OH excluding ortho intramolecular Hbond substituents is 1. The summed E-state index contributed by atoms with van der Waals surface area (Å²) in [7, 11) is 0. The van der Waals surface area contributed by atoms with Crippen molar-refractivity contribution in [2.75, 3.05) is 5.32 Å². The number of carbonyl (C=O) groups excluding carboxylic acids is 1. The summed E-state index contributed by atoms with van der Waals surface area (Å²) in [5.41, 5.74) is 0.733. The van der Waals surface area contributed by atoms with Crippen molar-refractivity contribution in [2.24, 2.45) is 0 Å². The Morgan fingerprint density at radius 3 is 3.06 bits per heavy atom. The lowest BCUT2D eigenvalue weighted by molar-refractivity contribution is -0.115. The van der Waals surface area contributed by atoms with Crippen LogP contribution in [0.4, 0.5) is 5.95 Å². The Kier molecular flexibility index (Phi) is 2.81. The first kappa shape index (κ1) is 10.2. The maximum Gasteiger partial charge on any atom is 0.231 e. The molecule has 3 N–H and O–H groups in total. The second-order valence-electron chi connectivity index (χ2n) is 3.23. The zero-order valence-corrected chi connectivity index (χ0v) is 8.34. The van der Waals surface area contributed by atoms with Gasteiger partial charge in [0.2, 0.25) is 11.9 Å². The van der Waals surface area contributed by atoms with Crippen molar-refractivity contribution >= 4 is 11.9 Å². The topological polar surface area (TPSA) is 90.9 Å². The highest BCUT2D eigenvalue weighted by atomic mass is 16.3. The number of nitrogens with one attached hydrogen (secondary N) is 2. The number of nitrogens with zero attached hydrogens (tertiary/aromatic N) is 2. The Hall–Kier alpha value is -2.37. The third-order valence-corrected chi connectivity index (χ3v) is 1.95. The molecule has 0 unspecified atom stereocenters. The van der Waals surface area contributed by atoms with Crippen LogP contribution >= 0.6 is 0 Å². The van der Waals surface area contributed by atoms with E-state index in [4.69, 9.17) is 0 Å². The summed E-state index contributed by atoms with van der Waals surface area (Å²) in [6.07, 6.45) is 1.49. The molecule has 0 aliphatic carbocycles. The van der Waals surface area contributed by atoms with Crippen molar-refractivity contribution in [2.45, 2.75) is 6.42 Å². The van der Waals surface area contributed by atoms with Crippen LogP contribution in [0.3, 0.4) is 0 Å². The Balaban J connectivity index is 1.97. The van der Waals surface area contributed by atoms with E-state index >= 15 is 0 Å². The molecular formula is C10H10N4O2. The Bertz CT molecular complexity index is 481. The van der Waals surface area contributed by atoms with Gasteiger partial charge in [-0.05, 0) is 17.7 Å². The maximum absolute atomic E-state index is 11.5. The molecule has 1 heterocycles. The Morgan fingerprint density at radius 2 is 2.38 bits per heavy atom. The Morgan fingerprint density at radius 1 is 1.50 bits per heavy atom. The van der Waals surface area contributed by atoms with Gasteiger partial charge in [-0.2, -0.15) is 10.1 Å². The Labute approximate surface area is 91.3 Å². The van der Waals surface area contributed by atoms with E-state index in [1.807, 2.05) is 0 Å². The third-order valence-electron chi connectivity index (χ3n) is 1.95. The van der Waals surface area contributed by atoms with E-state index in [2.05, 4.69) is 20.5 Å². The molecule has 1 amide bonds. The first-order valence-electron chi connectivity index (χ1n) is 4.67. The summed E-state index contributed by atoms with van der Waals surface area (Å²) < 4.78 is 0. The van der Waals surface area contributed by atoms with Crippen molar-refractivity contribution in [3.63, 3.8) is 0 Å². The lowest BCUT2D eigenvalue weighted by atomic mass is 10.1. The van der Waals surface area contributed by atoms with E-state index < -0.39 is 0 Å². The van der Waals surface area contributed by atoms with Crippen molar-refractivity contribution < 1.29 is 9.90 Å². The average Bonchev–Trinajstić information content (AvgIpc) is 2.70. The van der Waals surface area contributed by atoms with Crippen LogP contribution in [0.5, 0.6) is 5.75 Å². The summed E-state index contributed by atoms with van der Waals surface area (Å²) in [6, 6.07) is 6.55. The van der Waals surface area contributed by atoms with Gasteiger partial charge in [0.15, 0.2) is 0 Å². The highest BCUT2D eigenvalue weighted by molar-refractivity contribution is 5.90. The molecule has 0 radical (unpaired) electrons. The fraction of sp³-hybridized carbons (Fsp3) is 0.100. The molecule has 0 aliphatic heterocycles. The van der Waals surface area contributed by atoms with Crippen LogP contribution in [0.2, 0.25) is 0 Å². The van der Waals surface area contributed by atoms with Gasteiger partial charge in [-0.25, -0.2) is 5.10 Å². The molecule has 1 aromatic carbocycles. The number of aromatic nitrogens is 3. The number of hydrogen-bond acceptors (Lipinski definition) is 4. The number of H-pyrrole nitrogens is 1. The van der Waals surface area contributed by atoms with Crippen LogP contribution < -0.4 is 5.32 Å². The molecule has 6 nitrogen and oxygen atoms in total. The maximum atomic E-state index is 11.5. The van der Waals surface area contributed by atoms with Crippen LogP contribution in [0.1, 0.15) is 5.56 Å². The predicted molar refractivity (Wildman–Crippen MR) is 56.8 cm³/mol. The fourth-order valence-electron chi connectivity index (χ4n) is 1.29. The van der Waals surface area contributed by atoms with Gasteiger partial charge in [0.1, 0.15) is 12.1 Å². The normalized spacial score (nSPS) is 10.0. The molecule has 0 atom stereocenters. The van der Waals surface area contributed by atoms with Crippen molar-refractivity contribution in [1.82, 2.24) is 15.2 Å². The largest absolute Gasteiger partial charge is 0.508 e. The lowest BCUT2D eigenvalue weighted by Crippen LogP contribution is -2.15. The van der Waals surface area contributed by atoms with Crippen molar-refractivity contribution in [3.05, 3.63) is 36.2 Å². The molecule has 0 fully saturated rings. The van der Waals surface area contributed by atoms with Crippen LogP contribution in [0.15, 0.2) is 30.6 Å². The van der Waals surface area contributed by atoms with Gasteiger partial charge in [-0.3, -0.25) is 10.1 Å². The van der Waals surface area contributed by atoms with Gasteiger partial charge < -0.3 is 5.11 Å². The molecule has 16 heavy (non-hydrogen) atoms. The quantitative estimate of drug-likeness (QED) is 0.706. The SMILES string of the molecule is O=C(Cc1cccc(O)c1)Nc1ncn[nH]1. The van der Waals surface area contributed by atoms with Gasteiger partial charge in [-0.15, -0.1) is 0 Å². The molecule has 0 saturated carbocycles. The minimum Gasteiger partial charge on any atom is -0.508 e. The number of phenols is 1. The average molecular weight is 218 g/mol. The van der Waals surface area contributed by atoms with Crippen molar-refractivity contribution in [3.8, 4) is 5.75 Å². The molecule has 2 rings (SSSR count). The predicted octanol–water partition coefficient (Wildman–Crippen LogP) is 0.691. The van der Waals surface area contributed by atoms with Crippen LogP contribution in [0, 0.1) is 0 Å². The van der Waals surface area contributed by atoms with E-state index in [1.54, 1.807) is 24.3 Å². The van der Waals surface area contributed by atoms with E-state index in [-0.39, 0.29) is 18.1 Å². The fourth-order valence-corrected chi connectivity index (χ4v) is 1.29. The number of aromatic amines is 1. The van der Waals surface area contributed by atoms with Gasteiger partial charge in [0.25, 0.3) is 0 Å². The van der Waals surface area contributed by atoms with E-state index in [1.165, 1.54) is 6.33 Å². The van der Waals surface area contributed by atoms with Gasteiger partial charge >= 0.3 is 0 Å². The summed E-state index contributed by atoms with van der Waals surface area (Å²) in [5, 5.41) is 17.9. The van der Waals surface area contributed by atoms with Crippen molar-refractivity contribution in [1.29, 1.82) is 0 Å². The minimum atomic E-state index is -0.220. The zero-order chi connectivity index (χ0) is 11.4. The zero-order valence-electron chi connectivity index (χ0n) is 8.34. The summed E-state index contributed by atoms with van der Waals surface area (Å²) in [4.78, 5) is 15.3. The van der Waals surface area contributed by atoms with Gasteiger partial charge in [-0.1, -0.05) is 12.1 Å². The van der Waals surface area contributed by atoms with E-state index in [0.29, 0.717) is 5.95 Å². The van der Waals surface area contributed by atoms with Crippen LogP contribution in [-0.4, -0.2) is 26.2 Å². The highest BCUT2D eigenvalue weighted by Crippen LogP contribution is 2.11. The number of aromatic hydroxyl groups is 1. The van der Waals surface area contributed by atoms with Gasteiger partial charge in [0, 0.05) is 0 Å². The summed E-state index contributed by atoms with van der Waals surface area (Å²) in [6.45, 7) is 0. The minimum absolute atomic E-state index is 0.143. The molecule has 6 heteroatoms. The van der Waals surface area contributed by atoms with Crippen LogP contribution in [-0.2, 0) is 11.2 Å². The van der Waals surface area contributed by atoms with E-state index in [9.17, 15) is 9.90 Å². The first-order chi connectivity index (χ1) is 7.74. The standard InChI is InChI=1S/C10H10N4O2/c15-8-3-1-2-7(4-8)5-9(16)13-10-11-6-12-14-10/h1-4,6,15H,5H2,(H2,11,12,13,14,16). The van der Waals surface area contributed by atoms with Crippen LogP contribution in [0.25, 0.3) is 0 Å². The lowest BCUT2D eigenvalue weighted by Gasteiger charge is -2.02. The second-order valence-corrected chi connectivity index (χ2v) is 3.23. The summed E-state index contributed by atoms with van der Waals surface area (Å²) in [5.74, 6) is 0.234. The smallest absolute Gasteiger partial charge is 0.231 e. The number of anilines is 1. The molecule has 0 spiro atoms. The number of benzene rings is 1. The molecule has 0 aliphatic rings. The number of amides is 1. The molecule has 0 bridgehead atoms. The molecule has 82 valence electrons. The highest BCUT2D eigenvalue weighted by Gasteiger charge is 2.05. The second kappa shape index (κ2) is 4.43. The third kappa shape index (κ3) is 2.57. The summed E-state index contributed by atoms with van der Waals surface area (Å²) >= 11 is 0. The van der Waals surface area contributed by atoms with E-state index in [0.717, 1.165) is 5.56 Å². The molecular weight excluding hydrogens is 208 g/mol. The number of carbonyl (C=O) groups is 1. The number of rotatable bonds is 3. The monoisotopic (exact) mass is 218 g/mol.